The fraction of sp³-hybridized carbons (Fsp3) is 0.562. The Morgan fingerprint density at radius 2 is 0.882 bits per heavy atom. The van der Waals surface area contributed by atoms with E-state index in [-0.39, 0.29) is 0 Å². The van der Waals surface area contributed by atoms with Crippen molar-refractivity contribution in [3.05, 3.63) is 57.3 Å². The van der Waals surface area contributed by atoms with Crippen LogP contribution < -0.4 is 0 Å². The van der Waals surface area contributed by atoms with Gasteiger partial charge in [0, 0.05) is 19.5 Å². The maximum atomic E-state index is 2.58. The second-order valence-corrected chi connectivity index (χ2v) is 12.6. The normalized spacial score (nSPS) is 11.4. The number of aryl methyl sites for hydroxylation is 4. The first-order chi connectivity index (χ1) is 16.6. The smallest absolute Gasteiger partial charge is 0.0348 e. The summed E-state index contributed by atoms with van der Waals surface area (Å²) >= 11 is 3.92. The summed E-state index contributed by atoms with van der Waals surface area (Å²) in [4.78, 5) is 5.74. The van der Waals surface area contributed by atoms with Crippen molar-refractivity contribution < 1.29 is 0 Å². The molecule has 0 N–H and O–H groups in total. The summed E-state index contributed by atoms with van der Waals surface area (Å²) in [5, 5.41) is 0. The first-order valence-corrected chi connectivity index (χ1v) is 15.5. The van der Waals surface area contributed by atoms with Gasteiger partial charge in [-0.05, 0) is 98.2 Å². The van der Waals surface area contributed by atoms with E-state index in [0.717, 1.165) is 0 Å². The van der Waals surface area contributed by atoms with Gasteiger partial charge in [-0.2, -0.15) is 0 Å². The minimum atomic E-state index is 1.20. The molecule has 3 aromatic rings. The molecule has 0 radical (unpaired) electrons. The molecule has 0 aliphatic rings. The molecule has 34 heavy (non-hydrogen) atoms. The molecule has 2 heteroatoms. The number of unbranched alkanes of at least 4 members (excludes halogenated alkanes) is 10. The van der Waals surface area contributed by atoms with Crippen LogP contribution in [0.2, 0.25) is 0 Å². The maximum absolute atomic E-state index is 2.58. The standard InChI is InChI=1S/C32H46S2/c1-5-7-9-11-13-15-17-27-23-30(32-22-20-26(4)34-32)28(18-16-14-12-10-8-6-2)24-29(27)31-21-19-25(3)33-31/h19-24H,5-18H2,1-4H3. The van der Waals surface area contributed by atoms with Gasteiger partial charge in [0.15, 0.2) is 0 Å². The third kappa shape index (κ3) is 8.38. The van der Waals surface area contributed by atoms with Gasteiger partial charge in [0.25, 0.3) is 0 Å². The van der Waals surface area contributed by atoms with E-state index in [0.29, 0.717) is 0 Å². The molecular weight excluding hydrogens is 448 g/mol. The van der Waals surface area contributed by atoms with Gasteiger partial charge in [-0.1, -0.05) is 78.1 Å². The fourth-order valence-corrected chi connectivity index (χ4v) is 6.75. The van der Waals surface area contributed by atoms with Gasteiger partial charge in [0.05, 0.1) is 0 Å². The highest BCUT2D eigenvalue weighted by Gasteiger charge is 2.15. The first kappa shape index (κ1) is 27.2. The lowest BCUT2D eigenvalue weighted by Gasteiger charge is -2.16. The molecule has 0 amide bonds. The van der Waals surface area contributed by atoms with Crippen molar-refractivity contribution in [2.75, 3.05) is 0 Å². The summed E-state index contributed by atoms with van der Waals surface area (Å²) in [6, 6.07) is 14.4. The molecule has 186 valence electrons. The summed E-state index contributed by atoms with van der Waals surface area (Å²) in [5.74, 6) is 0. The molecule has 1 aromatic carbocycles. The van der Waals surface area contributed by atoms with Crippen molar-refractivity contribution in [3.8, 4) is 20.9 Å². The molecule has 0 atom stereocenters. The summed E-state index contributed by atoms with van der Waals surface area (Å²) < 4.78 is 0. The summed E-state index contributed by atoms with van der Waals surface area (Å²) in [6.07, 6.45) is 18.7. The lowest BCUT2D eigenvalue weighted by atomic mass is 9.91. The van der Waals surface area contributed by atoms with Crippen LogP contribution in [-0.4, -0.2) is 0 Å². The van der Waals surface area contributed by atoms with Crippen LogP contribution in [0.4, 0.5) is 0 Å². The molecule has 0 nitrogen and oxygen atoms in total. The van der Waals surface area contributed by atoms with E-state index >= 15 is 0 Å². The molecule has 0 saturated carbocycles. The average molecular weight is 495 g/mol. The Morgan fingerprint density at radius 3 is 1.24 bits per heavy atom. The number of hydrogen-bond acceptors (Lipinski definition) is 2. The van der Waals surface area contributed by atoms with E-state index in [9.17, 15) is 0 Å². The maximum Gasteiger partial charge on any atom is 0.0348 e. The van der Waals surface area contributed by atoms with Crippen LogP contribution >= 0.6 is 22.7 Å². The second kappa shape index (κ2) is 14.9. The zero-order valence-corrected chi connectivity index (χ0v) is 23.8. The molecule has 0 saturated heterocycles. The van der Waals surface area contributed by atoms with E-state index in [1.165, 1.54) is 121 Å². The summed E-state index contributed by atoms with van der Waals surface area (Å²) in [6.45, 7) is 9.08. The lowest BCUT2D eigenvalue weighted by Crippen LogP contribution is -1.97. The van der Waals surface area contributed by atoms with Crippen LogP contribution in [0.5, 0.6) is 0 Å². The van der Waals surface area contributed by atoms with E-state index in [1.807, 2.05) is 22.7 Å². The second-order valence-electron chi connectivity index (χ2n) is 10.0. The van der Waals surface area contributed by atoms with Crippen LogP contribution in [0, 0.1) is 13.8 Å². The SMILES string of the molecule is CCCCCCCCc1cc(-c2ccc(C)s2)c(CCCCCCCC)cc1-c1ccc(C)s1. The lowest BCUT2D eigenvalue weighted by molar-refractivity contribution is 0.606. The largest absolute Gasteiger partial charge is 0.141 e. The summed E-state index contributed by atoms with van der Waals surface area (Å²) in [7, 11) is 0. The fourth-order valence-electron chi connectivity index (χ4n) is 4.91. The Bertz CT molecular complexity index is 895. The van der Waals surface area contributed by atoms with Crippen molar-refractivity contribution >= 4 is 22.7 Å². The zero-order valence-electron chi connectivity index (χ0n) is 22.2. The first-order valence-electron chi connectivity index (χ1n) is 13.9. The Labute approximate surface area is 217 Å². The molecule has 0 unspecified atom stereocenters. The number of benzene rings is 1. The van der Waals surface area contributed by atoms with Gasteiger partial charge >= 0.3 is 0 Å². The van der Waals surface area contributed by atoms with Gasteiger partial charge in [-0.3, -0.25) is 0 Å². The summed E-state index contributed by atoms with van der Waals surface area (Å²) in [5.41, 5.74) is 6.13. The molecule has 0 bridgehead atoms. The van der Waals surface area contributed by atoms with Crippen LogP contribution in [-0.2, 0) is 12.8 Å². The number of rotatable bonds is 16. The van der Waals surface area contributed by atoms with Crippen molar-refractivity contribution in [2.24, 2.45) is 0 Å². The topological polar surface area (TPSA) is 0 Å². The van der Waals surface area contributed by atoms with Crippen molar-refractivity contribution in [1.29, 1.82) is 0 Å². The predicted molar refractivity (Wildman–Crippen MR) is 157 cm³/mol. The number of hydrogen-bond donors (Lipinski definition) is 0. The minimum absolute atomic E-state index is 1.20. The van der Waals surface area contributed by atoms with Crippen LogP contribution in [0.3, 0.4) is 0 Å². The molecule has 0 spiro atoms. The van der Waals surface area contributed by atoms with Gasteiger partial charge in [-0.15, -0.1) is 22.7 Å². The van der Waals surface area contributed by atoms with Crippen molar-refractivity contribution in [3.63, 3.8) is 0 Å². The third-order valence-corrected chi connectivity index (χ3v) is 9.01. The third-order valence-electron chi connectivity index (χ3n) is 6.94. The highest BCUT2D eigenvalue weighted by molar-refractivity contribution is 7.15. The van der Waals surface area contributed by atoms with Crippen molar-refractivity contribution in [2.45, 2.75) is 118 Å². The van der Waals surface area contributed by atoms with Gasteiger partial charge in [0.2, 0.25) is 0 Å². The van der Waals surface area contributed by atoms with Crippen LogP contribution in [0.25, 0.3) is 20.9 Å². The van der Waals surface area contributed by atoms with E-state index in [1.54, 1.807) is 11.1 Å². The quantitative estimate of drug-likeness (QED) is 0.174. The van der Waals surface area contributed by atoms with E-state index in [4.69, 9.17) is 0 Å². The molecule has 2 aromatic heterocycles. The van der Waals surface area contributed by atoms with Crippen LogP contribution in [0.15, 0.2) is 36.4 Å². The number of thiophene rings is 2. The molecule has 0 aliphatic heterocycles. The molecule has 3 rings (SSSR count). The highest BCUT2D eigenvalue weighted by atomic mass is 32.1. The minimum Gasteiger partial charge on any atom is -0.141 e. The van der Waals surface area contributed by atoms with E-state index < -0.39 is 0 Å². The Hall–Kier alpha value is -1.38. The highest BCUT2D eigenvalue weighted by Crippen LogP contribution is 2.39. The molecule has 0 fully saturated rings. The Kier molecular flexibility index (Phi) is 11.9. The Morgan fingerprint density at radius 1 is 0.500 bits per heavy atom. The predicted octanol–water partition coefficient (Wildman–Crippen LogP) is 11.6. The van der Waals surface area contributed by atoms with E-state index in [2.05, 4.69) is 64.1 Å². The molecule has 2 heterocycles. The molecule has 0 aliphatic carbocycles. The van der Waals surface area contributed by atoms with Crippen molar-refractivity contribution in [1.82, 2.24) is 0 Å². The average Bonchev–Trinajstić information content (AvgIpc) is 3.46. The Balaban J connectivity index is 1.85. The monoisotopic (exact) mass is 494 g/mol. The zero-order chi connectivity index (χ0) is 24.2. The van der Waals surface area contributed by atoms with Gasteiger partial charge < -0.3 is 0 Å². The van der Waals surface area contributed by atoms with Crippen LogP contribution in [0.1, 0.15) is 112 Å². The van der Waals surface area contributed by atoms with Gasteiger partial charge in [0.1, 0.15) is 0 Å². The molecular formula is C32H46S2. The van der Waals surface area contributed by atoms with Gasteiger partial charge in [-0.25, -0.2) is 0 Å².